The zero-order chi connectivity index (χ0) is 17.9. The van der Waals surface area contributed by atoms with Gasteiger partial charge in [-0.05, 0) is 43.0 Å². The predicted molar refractivity (Wildman–Crippen MR) is 96.3 cm³/mol. The van der Waals surface area contributed by atoms with Gasteiger partial charge in [-0.3, -0.25) is 9.20 Å². The summed E-state index contributed by atoms with van der Waals surface area (Å²) in [5.74, 6) is 0.921. The molecule has 1 atom stereocenters. The maximum absolute atomic E-state index is 13.7. The van der Waals surface area contributed by atoms with Crippen molar-refractivity contribution in [3.8, 4) is 0 Å². The van der Waals surface area contributed by atoms with E-state index in [9.17, 15) is 9.18 Å². The van der Waals surface area contributed by atoms with E-state index in [1.807, 2.05) is 33.7 Å². The first-order chi connectivity index (χ1) is 12.7. The Bertz CT molecular complexity index is 923. The average Bonchev–Trinajstić information content (AvgIpc) is 3.11. The van der Waals surface area contributed by atoms with Gasteiger partial charge in [0.25, 0.3) is 0 Å². The van der Waals surface area contributed by atoms with E-state index in [0.29, 0.717) is 24.9 Å². The summed E-state index contributed by atoms with van der Waals surface area (Å²) in [6.07, 6.45) is 4.66. The molecule has 4 rings (SSSR count). The number of fused-ring (bicyclic) bond motifs is 1. The number of piperidine rings is 1. The highest BCUT2D eigenvalue weighted by atomic mass is 19.1. The SMILES string of the molecule is O=C(CCc1ccccc1F)N1CCCC(c2nnc3ccccn23)C1. The van der Waals surface area contributed by atoms with Gasteiger partial charge in [0, 0.05) is 31.6 Å². The normalized spacial score (nSPS) is 17.6. The first kappa shape index (κ1) is 16.7. The third kappa shape index (κ3) is 3.31. The van der Waals surface area contributed by atoms with Crippen LogP contribution in [0.25, 0.3) is 5.65 Å². The second kappa shape index (κ2) is 7.23. The van der Waals surface area contributed by atoms with Gasteiger partial charge in [0.15, 0.2) is 5.65 Å². The predicted octanol–water partition coefficient (Wildman–Crippen LogP) is 3.21. The molecule has 0 N–H and O–H groups in total. The number of aromatic nitrogens is 3. The van der Waals surface area contributed by atoms with Gasteiger partial charge < -0.3 is 4.90 Å². The first-order valence-electron chi connectivity index (χ1n) is 9.03. The van der Waals surface area contributed by atoms with Gasteiger partial charge in [-0.2, -0.15) is 0 Å². The molecule has 1 aliphatic rings. The third-order valence-electron chi connectivity index (χ3n) is 5.05. The third-order valence-corrected chi connectivity index (χ3v) is 5.05. The number of nitrogens with zero attached hydrogens (tertiary/aromatic N) is 4. The molecule has 0 spiro atoms. The fourth-order valence-electron chi connectivity index (χ4n) is 3.65. The van der Waals surface area contributed by atoms with Crippen molar-refractivity contribution in [1.82, 2.24) is 19.5 Å². The fourth-order valence-corrected chi connectivity index (χ4v) is 3.65. The summed E-state index contributed by atoms with van der Waals surface area (Å²) < 4.78 is 15.7. The van der Waals surface area contributed by atoms with Crippen LogP contribution in [-0.4, -0.2) is 38.5 Å². The van der Waals surface area contributed by atoms with Crippen LogP contribution < -0.4 is 0 Å². The first-order valence-corrected chi connectivity index (χ1v) is 9.03. The lowest BCUT2D eigenvalue weighted by molar-refractivity contribution is -0.132. The molecule has 1 unspecified atom stereocenters. The number of benzene rings is 1. The van der Waals surface area contributed by atoms with E-state index in [4.69, 9.17) is 0 Å². The molecule has 0 saturated carbocycles. The monoisotopic (exact) mass is 352 g/mol. The Balaban J connectivity index is 1.43. The van der Waals surface area contributed by atoms with Crippen molar-refractivity contribution in [2.24, 2.45) is 0 Å². The summed E-state index contributed by atoms with van der Waals surface area (Å²) >= 11 is 0. The lowest BCUT2D eigenvalue weighted by Crippen LogP contribution is -2.39. The molecule has 2 aromatic heterocycles. The molecule has 3 aromatic rings. The van der Waals surface area contributed by atoms with Gasteiger partial charge in [0.05, 0.1) is 0 Å². The Morgan fingerprint density at radius 2 is 2.00 bits per heavy atom. The van der Waals surface area contributed by atoms with Crippen LogP contribution >= 0.6 is 0 Å². The van der Waals surface area contributed by atoms with E-state index in [-0.39, 0.29) is 17.6 Å². The maximum atomic E-state index is 13.7. The lowest BCUT2D eigenvalue weighted by Gasteiger charge is -2.32. The van der Waals surface area contributed by atoms with Crippen molar-refractivity contribution < 1.29 is 9.18 Å². The van der Waals surface area contributed by atoms with E-state index in [0.717, 1.165) is 30.9 Å². The number of rotatable bonds is 4. The van der Waals surface area contributed by atoms with Gasteiger partial charge in [-0.25, -0.2) is 4.39 Å². The molecule has 0 aliphatic carbocycles. The minimum Gasteiger partial charge on any atom is -0.342 e. The van der Waals surface area contributed by atoms with Gasteiger partial charge >= 0.3 is 0 Å². The number of hydrogen-bond acceptors (Lipinski definition) is 3. The minimum atomic E-state index is -0.244. The van der Waals surface area contributed by atoms with Gasteiger partial charge in [0.2, 0.25) is 5.91 Å². The molecular weight excluding hydrogens is 331 g/mol. The number of likely N-dealkylation sites (tertiary alicyclic amines) is 1. The molecular formula is C20H21FN4O. The standard InChI is InChI=1S/C20H21FN4O/c21-17-8-2-1-6-15(17)10-11-19(26)24-12-5-7-16(14-24)20-23-22-18-9-3-4-13-25(18)20/h1-4,6,8-9,13,16H,5,7,10-12,14H2. The minimum absolute atomic E-state index is 0.0757. The lowest BCUT2D eigenvalue weighted by atomic mass is 9.96. The van der Waals surface area contributed by atoms with Crippen molar-refractivity contribution in [2.45, 2.75) is 31.6 Å². The van der Waals surface area contributed by atoms with Gasteiger partial charge in [0.1, 0.15) is 11.6 Å². The van der Waals surface area contributed by atoms with Crippen LogP contribution in [0.1, 0.15) is 36.6 Å². The number of aryl methyl sites for hydroxylation is 1. The summed E-state index contributed by atoms with van der Waals surface area (Å²) in [5.41, 5.74) is 1.42. The number of hydrogen-bond donors (Lipinski definition) is 0. The number of carbonyl (C=O) groups is 1. The van der Waals surface area contributed by atoms with Crippen molar-refractivity contribution in [3.63, 3.8) is 0 Å². The molecule has 1 fully saturated rings. The summed E-state index contributed by atoms with van der Waals surface area (Å²) in [6.45, 7) is 1.40. The van der Waals surface area contributed by atoms with Crippen LogP contribution in [0, 0.1) is 5.82 Å². The van der Waals surface area contributed by atoms with E-state index in [1.54, 1.807) is 18.2 Å². The smallest absolute Gasteiger partial charge is 0.222 e. The highest BCUT2D eigenvalue weighted by molar-refractivity contribution is 5.76. The molecule has 6 heteroatoms. The number of amides is 1. The average molecular weight is 352 g/mol. The molecule has 5 nitrogen and oxygen atoms in total. The Kier molecular flexibility index (Phi) is 4.65. The van der Waals surface area contributed by atoms with Crippen LogP contribution in [0.2, 0.25) is 0 Å². The van der Waals surface area contributed by atoms with E-state index >= 15 is 0 Å². The number of carbonyl (C=O) groups excluding carboxylic acids is 1. The molecule has 1 aromatic carbocycles. The Morgan fingerprint density at radius 1 is 1.15 bits per heavy atom. The van der Waals surface area contributed by atoms with Crippen LogP contribution in [0.4, 0.5) is 4.39 Å². The van der Waals surface area contributed by atoms with Crippen LogP contribution in [0.3, 0.4) is 0 Å². The quantitative estimate of drug-likeness (QED) is 0.724. The summed E-state index contributed by atoms with van der Waals surface area (Å²) in [5, 5.41) is 8.56. The highest BCUT2D eigenvalue weighted by Crippen LogP contribution is 2.26. The van der Waals surface area contributed by atoms with Gasteiger partial charge in [-0.1, -0.05) is 24.3 Å². The molecule has 1 saturated heterocycles. The molecule has 26 heavy (non-hydrogen) atoms. The van der Waals surface area contributed by atoms with E-state index in [2.05, 4.69) is 10.2 Å². The summed E-state index contributed by atoms with van der Waals surface area (Å²) in [6, 6.07) is 12.5. The second-order valence-corrected chi connectivity index (χ2v) is 6.76. The van der Waals surface area contributed by atoms with Crippen molar-refractivity contribution in [3.05, 3.63) is 65.9 Å². The Labute approximate surface area is 151 Å². The highest BCUT2D eigenvalue weighted by Gasteiger charge is 2.27. The largest absolute Gasteiger partial charge is 0.342 e. The molecule has 1 amide bonds. The van der Waals surface area contributed by atoms with Crippen molar-refractivity contribution in [2.75, 3.05) is 13.1 Å². The zero-order valence-corrected chi connectivity index (χ0v) is 14.5. The molecule has 0 radical (unpaired) electrons. The van der Waals surface area contributed by atoms with Crippen molar-refractivity contribution in [1.29, 1.82) is 0 Å². The number of pyridine rings is 1. The molecule has 3 heterocycles. The van der Waals surface area contributed by atoms with Gasteiger partial charge in [-0.15, -0.1) is 10.2 Å². The van der Waals surface area contributed by atoms with Crippen LogP contribution in [0.5, 0.6) is 0 Å². The van der Waals surface area contributed by atoms with Crippen LogP contribution in [-0.2, 0) is 11.2 Å². The Hall–Kier alpha value is -2.76. The maximum Gasteiger partial charge on any atom is 0.222 e. The fraction of sp³-hybridized carbons (Fsp3) is 0.350. The van der Waals surface area contributed by atoms with Crippen molar-refractivity contribution >= 4 is 11.6 Å². The van der Waals surface area contributed by atoms with E-state index in [1.165, 1.54) is 6.07 Å². The molecule has 0 bridgehead atoms. The Morgan fingerprint density at radius 3 is 2.88 bits per heavy atom. The molecule has 1 aliphatic heterocycles. The van der Waals surface area contributed by atoms with Crippen LogP contribution in [0.15, 0.2) is 48.7 Å². The topological polar surface area (TPSA) is 50.5 Å². The second-order valence-electron chi connectivity index (χ2n) is 6.76. The summed E-state index contributed by atoms with van der Waals surface area (Å²) in [7, 11) is 0. The zero-order valence-electron chi connectivity index (χ0n) is 14.5. The number of halogens is 1. The molecule has 134 valence electrons. The van der Waals surface area contributed by atoms with E-state index < -0.39 is 0 Å². The summed E-state index contributed by atoms with van der Waals surface area (Å²) in [4.78, 5) is 14.5.